The lowest BCUT2D eigenvalue weighted by Gasteiger charge is -2.25. The zero-order valence-electron chi connectivity index (χ0n) is 16.9. The molecule has 1 aliphatic carbocycles. The van der Waals surface area contributed by atoms with Crippen LogP contribution in [0.4, 0.5) is 8.78 Å². The maximum Gasteiger partial charge on any atom is 0.306 e. The number of ether oxygens (including phenoxy) is 1. The van der Waals surface area contributed by atoms with Gasteiger partial charge in [-0.25, -0.2) is 8.78 Å². The molecule has 0 aliphatic heterocycles. The van der Waals surface area contributed by atoms with E-state index in [1.807, 2.05) is 16.7 Å². The van der Waals surface area contributed by atoms with Crippen LogP contribution >= 0.6 is 0 Å². The Kier molecular flexibility index (Phi) is 5.73. The van der Waals surface area contributed by atoms with Crippen molar-refractivity contribution in [3.05, 3.63) is 64.9 Å². The van der Waals surface area contributed by atoms with Gasteiger partial charge < -0.3 is 9.30 Å². The van der Waals surface area contributed by atoms with Gasteiger partial charge >= 0.3 is 5.97 Å². The molecular weight excluding hydrogens is 408 g/mol. The molecule has 4 rings (SSSR count). The zero-order valence-corrected chi connectivity index (χ0v) is 17.7. The maximum absolute atomic E-state index is 14.9. The first-order valence-corrected chi connectivity index (χ1v) is 11.4. The molecule has 2 aromatic carbocycles. The summed E-state index contributed by atoms with van der Waals surface area (Å²) in [6, 6.07) is 9.63. The van der Waals surface area contributed by atoms with Gasteiger partial charge in [-0.3, -0.25) is 9.00 Å². The molecule has 7 heteroatoms. The Morgan fingerprint density at radius 3 is 2.63 bits per heavy atom. The van der Waals surface area contributed by atoms with Crippen LogP contribution in [0.15, 0.2) is 41.3 Å². The van der Waals surface area contributed by atoms with Crippen molar-refractivity contribution in [2.75, 3.05) is 13.4 Å². The molecule has 0 amide bonds. The van der Waals surface area contributed by atoms with Gasteiger partial charge in [-0.1, -0.05) is 12.1 Å². The lowest BCUT2D eigenvalue weighted by atomic mass is 9.84. The Hall–Kier alpha value is -2.54. The Balaban J connectivity index is 1.87. The first-order valence-electron chi connectivity index (χ1n) is 9.88. The highest BCUT2D eigenvalue weighted by atomic mass is 32.2. The van der Waals surface area contributed by atoms with Crippen LogP contribution in [0.2, 0.25) is 0 Å². The fourth-order valence-electron chi connectivity index (χ4n) is 4.50. The molecule has 0 saturated carbocycles. The van der Waals surface area contributed by atoms with E-state index in [2.05, 4.69) is 0 Å². The Morgan fingerprint density at radius 2 is 1.97 bits per heavy atom. The normalized spacial score (nSPS) is 17.0. The Labute approximate surface area is 176 Å². The Morgan fingerprint density at radius 1 is 1.23 bits per heavy atom. The SMILES string of the molecule is COC(=O)CC1CCCc2c1n(Cc1ccc(S(C)=O)cc1)c1c(F)cc(F)cc21. The van der Waals surface area contributed by atoms with Crippen LogP contribution in [0.1, 0.15) is 42.0 Å². The van der Waals surface area contributed by atoms with Crippen LogP contribution in [0.25, 0.3) is 10.9 Å². The van der Waals surface area contributed by atoms with E-state index in [0.29, 0.717) is 23.9 Å². The third-order valence-corrected chi connectivity index (χ3v) is 6.76. The third-order valence-electron chi connectivity index (χ3n) is 5.83. The van der Waals surface area contributed by atoms with Gasteiger partial charge in [0.15, 0.2) is 0 Å². The number of esters is 1. The van der Waals surface area contributed by atoms with Crippen LogP contribution in [-0.4, -0.2) is 28.1 Å². The highest BCUT2D eigenvalue weighted by Gasteiger charge is 2.31. The largest absolute Gasteiger partial charge is 0.469 e. The zero-order chi connectivity index (χ0) is 21.4. The topological polar surface area (TPSA) is 48.3 Å². The number of benzene rings is 2. The van der Waals surface area contributed by atoms with E-state index >= 15 is 0 Å². The molecule has 0 saturated heterocycles. The average Bonchev–Trinajstić information content (AvgIpc) is 3.03. The Bertz CT molecular complexity index is 1140. The van der Waals surface area contributed by atoms with Crippen molar-refractivity contribution in [1.82, 2.24) is 4.57 Å². The molecule has 1 aliphatic rings. The summed E-state index contributed by atoms with van der Waals surface area (Å²) in [6.45, 7) is 0.378. The molecule has 1 heterocycles. The van der Waals surface area contributed by atoms with Crippen molar-refractivity contribution in [3.63, 3.8) is 0 Å². The van der Waals surface area contributed by atoms with E-state index in [-0.39, 0.29) is 18.3 Å². The fourth-order valence-corrected chi connectivity index (χ4v) is 5.02. The summed E-state index contributed by atoms with van der Waals surface area (Å²) < 4.78 is 47.4. The number of methoxy groups -OCH3 is 1. The van der Waals surface area contributed by atoms with Gasteiger partial charge in [0, 0.05) is 51.6 Å². The standard InChI is InChI=1S/C23H23F2NO3S/c1-29-21(27)10-15-4-3-5-18-19-11-16(24)12-20(25)23(19)26(22(15)18)13-14-6-8-17(9-7-14)30(2)28/h6-9,11-12,15H,3-5,10,13H2,1-2H3. The van der Waals surface area contributed by atoms with Crippen LogP contribution < -0.4 is 0 Å². The second-order valence-corrected chi connectivity index (χ2v) is 9.08. The van der Waals surface area contributed by atoms with Gasteiger partial charge in [-0.15, -0.1) is 0 Å². The van der Waals surface area contributed by atoms with E-state index in [1.54, 1.807) is 18.4 Å². The predicted molar refractivity (Wildman–Crippen MR) is 112 cm³/mol. The number of carbonyl (C=O) groups is 1. The first kappa shape index (κ1) is 20.7. The van der Waals surface area contributed by atoms with Crippen LogP contribution in [-0.2, 0) is 33.3 Å². The van der Waals surface area contributed by atoms with Crippen LogP contribution in [0.5, 0.6) is 0 Å². The third kappa shape index (κ3) is 3.78. The molecular formula is C23H23F2NO3S. The number of rotatable bonds is 5. The summed E-state index contributed by atoms with van der Waals surface area (Å²) in [7, 11) is 0.277. The van der Waals surface area contributed by atoms with Crippen molar-refractivity contribution in [2.45, 2.75) is 43.0 Å². The molecule has 0 N–H and O–H groups in total. The quantitative estimate of drug-likeness (QED) is 0.551. The summed E-state index contributed by atoms with van der Waals surface area (Å²) in [6.07, 6.45) is 4.18. The molecule has 2 unspecified atom stereocenters. The van der Waals surface area contributed by atoms with Gasteiger partial charge in [-0.05, 0) is 48.6 Å². The van der Waals surface area contributed by atoms with E-state index in [4.69, 9.17) is 4.74 Å². The van der Waals surface area contributed by atoms with E-state index in [9.17, 15) is 17.8 Å². The van der Waals surface area contributed by atoms with E-state index in [0.717, 1.165) is 40.6 Å². The van der Waals surface area contributed by atoms with Crippen molar-refractivity contribution >= 4 is 27.7 Å². The highest BCUT2D eigenvalue weighted by Crippen LogP contribution is 2.41. The summed E-state index contributed by atoms with van der Waals surface area (Å²) in [5.74, 6) is -1.64. The summed E-state index contributed by atoms with van der Waals surface area (Å²) in [5, 5.41) is 0.573. The minimum atomic E-state index is -1.08. The molecule has 4 nitrogen and oxygen atoms in total. The molecule has 158 valence electrons. The summed E-state index contributed by atoms with van der Waals surface area (Å²) >= 11 is 0. The van der Waals surface area contributed by atoms with Crippen LogP contribution in [0.3, 0.4) is 0 Å². The second kappa shape index (κ2) is 8.30. The molecule has 2 atom stereocenters. The number of carbonyl (C=O) groups excluding carboxylic acids is 1. The van der Waals surface area contributed by atoms with Gasteiger partial charge in [0.25, 0.3) is 0 Å². The van der Waals surface area contributed by atoms with Gasteiger partial charge in [0.2, 0.25) is 0 Å². The molecule has 0 bridgehead atoms. The van der Waals surface area contributed by atoms with Crippen molar-refractivity contribution in [1.29, 1.82) is 0 Å². The highest BCUT2D eigenvalue weighted by molar-refractivity contribution is 7.84. The van der Waals surface area contributed by atoms with Gasteiger partial charge in [-0.2, -0.15) is 0 Å². The van der Waals surface area contributed by atoms with Gasteiger partial charge in [0.1, 0.15) is 11.6 Å². The molecule has 0 spiro atoms. The summed E-state index contributed by atoms with van der Waals surface area (Å²) in [4.78, 5) is 12.7. The van der Waals surface area contributed by atoms with Gasteiger partial charge in [0.05, 0.1) is 19.0 Å². The smallest absolute Gasteiger partial charge is 0.306 e. The second-order valence-electron chi connectivity index (χ2n) is 7.70. The number of nitrogens with zero attached hydrogens (tertiary/aromatic N) is 1. The molecule has 30 heavy (non-hydrogen) atoms. The number of aryl methyl sites for hydroxylation is 1. The minimum absolute atomic E-state index is 0.113. The van der Waals surface area contributed by atoms with Crippen LogP contribution in [0, 0.1) is 11.6 Å². The predicted octanol–water partition coefficient (Wildman–Crippen LogP) is 4.69. The number of fused-ring (bicyclic) bond motifs is 3. The number of halogens is 2. The monoisotopic (exact) mass is 431 g/mol. The first-order chi connectivity index (χ1) is 14.4. The number of hydrogen-bond donors (Lipinski definition) is 0. The van der Waals surface area contributed by atoms with Crippen molar-refractivity contribution in [2.24, 2.45) is 0 Å². The molecule has 1 aromatic heterocycles. The molecule has 0 radical (unpaired) electrons. The van der Waals surface area contributed by atoms with Crippen molar-refractivity contribution < 1.29 is 22.5 Å². The number of hydrogen-bond acceptors (Lipinski definition) is 3. The molecule has 0 fully saturated rings. The lowest BCUT2D eigenvalue weighted by Crippen LogP contribution is -2.18. The summed E-state index contributed by atoms with van der Waals surface area (Å²) in [5.41, 5.74) is 3.07. The number of aromatic nitrogens is 1. The fraction of sp³-hybridized carbons (Fsp3) is 0.348. The maximum atomic E-state index is 14.9. The minimum Gasteiger partial charge on any atom is -0.469 e. The van der Waals surface area contributed by atoms with E-state index in [1.165, 1.54) is 13.2 Å². The van der Waals surface area contributed by atoms with E-state index < -0.39 is 22.4 Å². The van der Waals surface area contributed by atoms with Crippen molar-refractivity contribution in [3.8, 4) is 0 Å². The molecule has 3 aromatic rings. The average molecular weight is 432 g/mol. The lowest BCUT2D eigenvalue weighted by molar-refractivity contribution is -0.141.